The summed E-state index contributed by atoms with van der Waals surface area (Å²) in [6, 6.07) is 12.9. The first-order valence-corrected chi connectivity index (χ1v) is 7.25. The number of nitrogens with zero attached hydrogens (tertiary/aromatic N) is 1. The summed E-state index contributed by atoms with van der Waals surface area (Å²) in [5.74, 6) is -0.157. The predicted molar refractivity (Wildman–Crippen MR) is 83.8 cm³/mol. The summed E-state index contributed by atoms with van der Waals surface area (Å²) in [4.78, 5) is 16.5. The van der Waals surface area contributed by atoms with E-state index in [-0.39, 0.29) is 5.91 Å². The molecule has 0 radical (unpaired) electrons. The molecule has 0 spiro atoms. The first kappa shape index (κ1) is 13.1. The number of hydrogen-bond acceptors (Lipinski definition) is 3. The Balaban J connectivity index is 1.85. The molecule has 20 heavy (non-hydrogen) atoms. The fourth-order valence-electron chi connectivity index (χ4n) is 1.83. The number of fused-ring (bicyclic) bond motifs is 1. The van der Waals surface area contributed by atoms with Crippen molar-refractivity contribution in [1.29, 1.82) is 0 Å². The number of amides is 1. The minimum Gasteiger partial charge on any atom is -0.298 e. The van der Waals surface area contributed by atoms with E-state index < -0.39 is 0 Å². The van der Waals surface area contributed by atoms with E-state index in [1.54, 1.807) is 18.2 Å². The molecule has 1 heterocycles. The van der Waals surface area contributed by atoms with Crippen molar-refractivity contribution in [2.45, 2.75) is 6.92 Å². The summed E-state index contributed by atoms with van der Waals surface area (Å²) in [6.45, 7) is 1.99. The van der Waals surface area contributed by atoms with Gasteiger partial charge >= 0.3 is 0 Å². The third-order valence-electron chi connectivity index (χ3n) is 2.88. The molecule has 3 nitrogen and oxygen atoms in total. The number of carbonyl (C=O) groups is 1. The lowest BCUT2D eigenvalue weighted by Crippen LogP contribution is -2.11. The van der Waals surface area contributed by atoms with Crippen LogP contribution in [0.5, 0.6) is 0 Å². The summed E-state index contributed by atoms with van der Waals surface area (Å²) in [5, 5.41) is 4.05. The van der Waals surface area contributed by atoms with Crippen molar-refractivity contribution in [1.82, 2.24) is 4.98 Å². The maximum atomic E-state index is 12.1. The number of anilines is 1. The van der Waals surface area contributed by atoms with Crippen molar-refractivity contribution < 1.29 is 4.79 Å². The highest BCUT2D eigenvalue weighted by Crippen LogP contribution is 2.28. The van der Waals surface area contributed by atoms with Gasteiger partial charge in [-0.3, -0.25) is 10.1 Å². The van der Waals surface area contributed by atoms with Crippen molar-refractivity contribution in [3.8, 4) is 0 Å². The van der Waals surface area contributed by atoms with Crippen LogP contribution in [0.15, 0.2) is 42.5 Å². The average Bonchev–Trinajstić information content (AvgIpc) is 2.80. The number of rotatable bonds is 2. The Hall–Kier alpha value is -1.91. The van der Waals surface area contributed by atoms with Gasteiger partial charge in [-0.15, -0.1) is 0 Å². The monoisotopic (exact) mass is 302 g/mol. The second-order valence-electron chi connectivity index (χ2n) is 4.45. The van der Waals surface area contributed by atoms with Crippen molar-refractivity contribution in [3.05, 3.63) is 58.6 Å². The average molecular weight is 303 g/mol. The molecule has 0 aliphatic carbocycles. The Labute approximate surface area is 125 Å². The SMILES string of the molecule is Cc1ccc(C(=O)Nc2nc3ccc(Cl)cc3s2)cc1. The van der Waals surface area contributed by atoms with E-state index in [4.69, 9.17) is 11.6 Å². The lowest BCUT2D eigenvalue weighted by atomic mass is 10.1. The molecule has 3 rings (SSSR count). The van der Waals surface area contributed by atoms with Gasteiger partial charge in [-0.1, -0.05) is 40.6 Å². The van der Waals surface area contributed by atoms with Gasteiger partial charge in [0.2, 0.25) is 0 Å². The molecular weight excluding hydrogens is 292 g/mol. The van der Waals surface area contributed by atoms with Gasteiger partial charge in [0.05, 0.1) is 10.2 Å². The molecule has 0 aliphatic heterocycles. The molecule has 100 valence electrons. The number of nitrogens with one attached hydrogen (secondary N) is 1. The summed E-state index contributed by atoms with van der Waals surface area (Å²) in [5.41, 5.74) is 2.57. The van der Waals surface area contributed by atoms with E-state index in [9.17, 15) is 4.79 Å². The Morgan fingerprint density at radius 2 is 1.95 bits per heavy atom. The zero-order valence-electron chi connectivity index (χ0n) is 10.7. The lowest BCUT2D eigenvalue weighted by Gasteiger charge is -2.01. The second kappa shape index (κ2) is 5.23. The molecule has 0 saturated heterocycles. The summed E-state index contributed by atoms with van der Waals surface area (Å²) >= 11 is 7.35. The van der Waals surface area contributed by atoms with Gasteiger partial charge in [0.15, 0.2) is 5.13 Å². The van der Waals surface area contributed by atoms with E-state index in [2.05, 4.69) is 10.3 Å². The fourth-order valence-corrected chi connectivity index (χ4v) is 2.96. The topological polar surface area (TPSA) is 42.0 Å². The highest BCUT2D eigenvalue weighted by atomic mass is 35.5. The standard InChI is InChI=1S/C15H11ClN2OS/c1-9-2-4-10(5-3-9)14(19)18-15-17-12-7-6-11(16)8-13(12)20-15/h2-8H,1H3,(H,17,18,19). The zero-order valence-corrected chi connectivity index (χ0v) is 12.3. The molecule has 1 amide bonds. The maximum absolute atomic E-state index is 12.1. The molecule has 2 aromatic carbocycles. The highest BCUT2D eigenvalue weighted by molar-refractivity contribution is 7.22. The van der Waals surface area contributed by atoms with E-state index >= 15 is 0 Å². The third-order valence-corrected chi connectivity index (χ3v) is 4.05. The van der Waals surface area contributed by atoms with E-state index in [1.165, 1.54) is 11.3 Å². The van der Waals surface area contributed by atoms with Crippen molar-refractivity contribution in [3.63, 3.8) is 0 Å². The van der Waals surface area contributed by atoms with Crippen molar-refractivity contribution in [2.24, 2.45) is 0 Å². The fraction of sp³-hybridized carbons (Fsp3) is 0.0667. The Morgan fingerprint density at radius 1 is 1.20 bits per heavy atom. The van der Waals surface area contributed by atoms with Gasteiger partial charge in [-0.2, -0.15) is 0 Å². The van der Waals surface area contributed by atoms with Gasteiger partial charge in [-0.05, 0) is 37.3 Å². The Bertz CT molecular complexity index is 780. The minimum atomic E-state index is -0.157. The summed E-state index contributed by atoms with van der Waals surface area (Å²) in [7, 11) is 0. The van der Waals surface area contributed by atoms with Crippen LogP contribution in [0.2, 0.25) is 5.02 Å². The van der Waals surface area contributed by atoms with Crippen molar-refractivity contribution >= 4 is 44.2 Å². The Morgan fingerprint density at radius 3 is 2.70 bits per heavy atom. The largest absolute Gasteiger partial charge is 0.298 e. The number of thiazole rings is 1. The highest BCUT2D eigenvalue weighted by Gasteiger charge is 2.09. The third kappa shape index (κ3) is 2.66. The van der Waals surface area contributed by atoms with Gasteiger partial charge in [0.25, 0.3) is 5.91 Å². The number of aryl methyl sites for hydroxylation is 1. The number of benzene rings is 2. The maximum Gasteiger partial charge on any atom is 0.257 e. The summed E-state index contributed by atoms with van der Waals surface area (Å²) in [6.07, 6.45) is 0. The van der Waals surface area contributed by atoms with E-state index in [1.807, 2.05) is 31.2 Å². The van der Waals surface area contributed by atoms with Crippen LogP contribution < -0.4 is 5.32 Å². The normalized spacial score (nSPS) is 10.7. The predicted octanol–water partition coefficient (Wildman–Crippen LogP) is 4.51. The van der Waals surface area contributed by atoms with Crippen LogP contribution in [0.1, 0.15) is 15.9 Å². The zero-order chi connectivity index (χ0) is 14.1. The van der Waals surface area contributed by atoms with Crippen molar-refractivity contribution in [2.75, 3.05) is 5.32 Å². The van der Waals surface area contributed by atoms with Crippen LogP contribution >= 0.6 is 22.9 Å². The molecule has 0 atom stereocenters. The number of halogens is 1. The number of carbonyl (C=O) groups excluding carboxylic acids is 1. The van der Waals surface area contributed by atoms with Crippen LogP contribution in [0, 0.1) is 6.92 Å². The van der Waals surface area contributed by atoms with Crippen LogP contribution in [0.4, 0.5) is 5.13 Å². The molecular formula is C15H11ClN2OS. The van der Waals surface area contributed by atoms with Crippen LogP contribution in [0.25, 0.3) is 10.2 Å². The first-order valence-electron chi connectivity index (χ1n) is 6.06. The molecule has 0 fully saturated rings. The van der Waals surface area contributed by atoms with Gasteiger partial charge < -0.3 is 0 Å². The number of aromatic nitrogens is 1. The lowest BCUT2D eigenvalue weighted by molar-refractivity contribution is 0.102. The van der Waals surface area contributed by atoms with Gasteiger partial charge in [0.1, 0.15) is 0 Å². The molecule has 0 unspecified atom stereocenters. The second-order valence-corrected chi connectivity index (χ2v) is 5.92. The minimum absolute atomic E-state index is 0.157. The van der Waals surface area contributed by atoms with Crippen LogP contribution in [-0.2, 0) is 0 Å². The van der Waals surface area contributed by atoms with Crippen LogP contribution in [-0.4, -0.2) is 10.9 Å². The number of hydrogen-bond donors (Lipinski definition) is 1. The quantitative estimate of drug-likeness (QED) is 0.756. The molecule has 1 aromatic heterocycles. The molecule has 5 heteroatoms. The first-order chi connectivity index (χ1) is 9.61. The van der Waals surface area contributed by atoms with E-state index in [0.29, 0.717) is 15.7 Å². The van der Waals surface area contributed by atoms with Gasteiger partial charge in [0, 0.05) is 10.6 Å². The molecule has 0 bridgehead atoms. The molecule has 0 saturated carbocycles. The molecule has 0 aliphatic rings. The Kier molecular flexibility index (Phi) is 3.42. The molecule has 3 aromatic rings. The van der Waals surface area contributed by atoms with Gasteiger partial charge in [-0.25, -0.2) is 4.98 Å². The molecule has 1 N–H and O–H groups in total. The summed E-state index contributed by atoms with van der Waals surface area (Å²) < 4.78 is 0.955. The van der Waals surface area contributed by atoms with E-state index in [0.717, 1.165) is 15.8 Å². The van der Waals surface area contributed by atoms with Crippen LogP contribution in [0.3, 0.4) is 0 Å². The smallest absolute Gasteiger partial charge is 0.257 e.